The molecular weight excluding hydrogens is 332 g/mol. The lowest BCUT2D eigenvalue weighted by molar-refractivity contribution is -0.150. The summed E-state index contributed by atoms with van der Waals surface area (Å²) >= 11 is 0. The number of hydrogen-bond acceptors (Lipinski definition) is 5. The highest BCUT2D eigenvalue weighted by Gasteiger charge is 2.30. The van der Waals surface area contributed by atoms with Gasteiger partial charge in [0.25, 0.3) is 0 Å². The highest BCUT2D eigenvalue weighted by molar-refractivity contribution is 5.65. The highest BCUT2D eigenvalue weighted by atomic mass is 16.6. The molecule has 0 saturated heterocycles. The first-order chi connectivity index (χ1) is 12.7. The Bertz CT molecular complexity index is 739. The molecule has 0 saturated carbocycles. The second-order valence-corrected chi connectivity index (χ2v) is 5.95. The van der Waals surface area contributed by atoms with Crippen molar-refractivity contribution >= 4 is 5.97 Å². The topological polar surface area (TPSA) is 54.0 Å². The van der Waals surface area contributed by atoms with Gasteiger partial charge in [-0.15, -0.1) is 0 Å². The maximum atomic E-state index is 11.2. The third-order valence-electron chi connectivity index (χ3n) is 4.07. The Morgan fingerprint density at radius 3 is 2.35 bits per heavy atom. The molecule has 5 nitrogen and oxygen atoms in total. The minimum absolute atomic E-state index is 0.129. The number of rotatable bonds is 6. The minimum Gasteiger partial charge on any atom is -0.497 e. The first-order valence-electron chi connectivity index (χ1n) is 8.48. The number of carbonyl (C=O) groups is 1. The van der Waals surface area contributed by atoms with Gasteiger partial charge >= 0.3 is 5.97 Å². The summed E-state index contributed by atoms with van der Waals surface area (Å²) in [7, 11) is 1.62. The first kappa shape index (κ1) is 18.0. The van der Waals surface area contributed by atoms with Crippen LogP contribution in [0.15, 0.2) is 66.7 Å². The molecule has 0 bridgehead atoms. The van der Waals surface area contributed by atoms with Gasteiger partial charge in [-0.1, -0.05) is 36.4 Å². The summed E-state index contributed by atoms with van der Waals surface area (Å²) in [6.07, 6.45) is 2.96. The quantitative estimate of drug-likeness (QED) is 0.585. The molecule has 136 valence electrons. The third-order valence-corrected chi connectivity index (χ3v) is 4.07. The molecule has 0 aliphatic carbocycles. The SMILES string of the molecule is COc1ccc(O[C@H]2C=C[C@@H](c3ccccc3)O[C@@H]2COC(C)=O)cc1. The Morgan fingerprint density at radius 1 is 1.00 bits per heavy atom. The van der Waals surface area contributed by atoms with Crippen LogP contribution in [0.3, 0.4) is 0 Å². The van der Waals surface area contributed by atoms with E-state index in [4.69, 9.17) is 18.9 Å². The highest BCUT2D eigenvalue weighted by Crippen LogP contribution is 2.29. The lowest BCUT2D eigenvalue weighted by Gasteiger charge is -2.32. The van der Waals surface area contributed by atoms with Crippen molar-refractivity contribution in [2.75, 3.05) is 13.7 Å². The molecule has 3 atom stereocenters. The van der Waals surface area contributed by atoms with Crippen LogP contribution in [0.2, 0.25) is 0 Å². The third kappa shape index (κ3) is 4.64. The second kappa shape index (κ2) is 8.54. The van der Waals surface area contributed by atoms with Crippen LogP contribution in [0, 0.1) is 0 Å². The Kier molecular flexibility index (Phi) is 5.92. The lowest BCUT2D eigenvalue weighted by Crippen LogP contribution is -2.40. The summed E-state index contributed by atoms with van der Waals surface area (Å²) in [6.45, 7) is 1.51. The normalized spacial score (nSPS) is 21.8. The van der Waals surface area contributed by atoms with Crippen LogP contribution < -0.4 is 9.47 Å². The molecule has 3 rings (SSSR count). The molecule has 1 aliphatic heterocycles. The standard InChI is InChI=1S/C21H22O5/c1-15(22)24-14-21-20(25-18-10-8-17(23-2)9-11-18)13-12-19(26-21)16-6-4-3-5-7-16/h3-13,19-21H,14H2,1-2H3/t19-,20-,21+/m0/s1. The lowest BCUT2D eigenvalue weighted by atomic mass is 10.0. The average Bonchev–Trinajstić information content (AvgIpc) is 2.68. The van der Waals surface area contributed by atoms with Crippen molar-refractivity contribution in [1.29, 1.82) is 0 Å². The summed E-state index contributed by atoms with van der Waals surface area (Å²) in [5.41, 5.74) is 1.04. The predicted molar refractivity (Wildman–Crippen MR) is 97.2 cm³/mol. The maximum Gasteiger partial charge on any atom is 0.302 e. The molecular formula is C21H22O5. The van der Waals surface area contributed by atoms with E-state index in [0.29, 0.717) is 5.75 Å². The second-order valence-electron chi connectivity index (χ2n) is 5.95. The van der Waals surface area contributed by atoms with Gasteiger partial charge in [0.15, 0.2) is 0 Å². The smallest absolute Gasteiger partial charge is 0.302 e. The summed E-state index contributed by atoms with van der Waals surface area (Å²) in [5, 5.41) is 0. The molecule has 26 heavy (non-hydrogen) atoms. The average molecular weight is 354 g/mol. The molecule has 2 aromatic rings. The van der Waals surface area contributed by atoms with Crippen LogP contribution in [-0.2, 0) is 14.3 Å². The van der Waals surface area contributed by atoms with Gasteiger partial charge in [0.05, 0.1) is 7.11 Å². The zero-order valence-corrected chi connectivity index (χ0v) is 14.8. The fourth-order valence-electron chi connectivity index (χ4n) is 2.74. The van der Waals surface area contributed by atoms with E-state index >= 15 is 0 Å². The number of hydrogen-bond donors (Lipinski definition) is 0. The summed E-state index contributed by atoms with van der Waals surface area (Å²) in [4.78, 5) is 11.2. The predicted octanol–water partition coefficient (Wildman–Crippen LogP) is 3.70. The molecule has 0 amide bonds. The number of carbonyl (C=O) groups excluding carboxylic acids is 1. The van der Waals surface area contributed by atoms with Gasteiger partial charge in [0.1, 0.15) is 36.4 Å². The summed E-state index contributed by atoms with van der Waals surface area (Å²) < 4.78 is 22.5. The van der Waals surface area contributed by atoms with E-state index < -0.39 is 6.10 Å². The molecule has 0 radical (unpaired) electrons. The van der Waals surface area contributed by atoms with E-state index in [0.717, 1.165) is 11.3 Å². The Hall–Kier alpha value is -2.79. The van der Waals surface area contributed by atoms with Crippen molar-refractivity contribution in [1.82, 2.24) is 0 Å². The van der Waals surface area contributed by atoms with E-state index in [2.05, 4.69) is 0 Å². The molecule has 1 aliphatic rings. The largest absolute Gasteiger partial charge is 0.497 e. The fourth-order valence-corrected chi connectivity index (χ4v) is 2.74. The van der Waals surface area contributed by atoms with Gasteiger partial charge in [-0.25, -0.2) is 0 Å². The van der Waals surface area contributed by atoms with Crippen molar-refractivity contribution in [3.8, 4) is 11.5 Å². The number of ether oxygens (including phenoxy) is 4. The van der Waals surface area contributed by atoms with Crippen molar-refractivity contribution in [3.63, 3.8) is 0 Å². The Morgan fingerprint density at radius 2 is 1.69 bits per heavy atom. The van der Waals surface area contributed by atoms with Gasteiger partial charge in [-0.3, -0.25) is 4.79 Å². The number of methoxy groups -OCH3 is 1. The van der Waals surface area contributed by atoms with Crippen LogP contribution in [0.1, 0.15) is 18.6 Å². The summed E-state index contributed by atoms with van der Waals surface area (Å²) in [5.74, 6) is 1.10. The van der Waals surface area contributed by atoms with Crippen molar-refractivity contribution in [2.24, 2.45) is 0 Å². The van der Waals surface area contributed by atoms with Gasteiger partial charge in [-0.05, 0) is 35.9 Å². The van der Waals surface area contributed by atoms with Crippen molar-refractivity contribution in [3.05, 3.63) is 72.3 Å². The van der Waals surface area contributed by atoms with E-state index in [1.165, 1.54) is 6.92 Å². The van der Waals surface area contributed by atoms with E-state index in [1.54, 1.807) is 7.11 Å². The molecule has 0 spiro atoms. The molecule has 0 unspecified atom stereocenters. The van der Waals surface area contributed by atoms with Gasteiger partial charge in [0.2, 0.25) is 0 Å². The number of benzene rings is 2. The molecule has 2 aromatic carbocycles. The van der Waals surface area contributed by atoms with E-state index in [1.807, 2.05) is 66.7 Å². The molecule has 5 heteroatoms. The van der Waals surface area contributed by atoms with E-state index in [9.17, 15) is 4.79 Å². The van der Waals surface area contributed by atoms with Crippen LogP contribution in [0.4, 0.5) is 0 Å². The van der Waals surface area contributed by atoms with Crippen LogP contribution >= 0.6 is 0 Å². The van der Waals surface area contributed by atoms with Crippen molar-refractivity contribution < 1.29 is 23.7 Å². The minimum atomic E-state index is -0.406. The van der Waals surface area contributed by atoms with Crippen LogP contribution in [0.5, 0.6) is 11.5 Å². The zero-order chi connectivity index (χ0) is 18.4. The van der Waals surface area contributed by atoms with Crippen LogP contribution in [-0.4, -0.2) is 31.9 Å². The maximum absolute atomic E-state index is 11.2. The molecule has 0 N–H and O–H groups in total. The fraction of sp³-hybridized carbons (Fsp3) is 0.286. The zero-order valence-electron chi connectivity index (χ0n) is 14.8. The molecule has 0 aromatic heterocycles. The van der Waals surface area contributed by atoms with Crippen LogP contribution in [0.25, 0.3) is 0 Å². The van der Waals surface area contributed by atoms with Gasteiger partial charge < -0.3 is 18.9 Å². The number of esters is 1. The Labute approximate surface area is 153 Å². The molecule has 0 fully saturated rings. The van der Waals surface area contributed by atoms with Gasteiger partial charge in [-0.2, -0.15) is 0 Å². The Balaban J connectivity index is 1.75. The monoisotopic (exact) mass is 354 g/mol. The van der Waals surface area contributed by atoms with Gasteiger partial charge in [0, 0.05) is 6.92 Å². The molecule has 1 heterocycles. The van der Waals surface area contributed by atoms with E-state index in [-0.39, 0.29) is 24.8 Å². The summed E-state index contributed by atoms with van der Waals surface area (Å²) in [6, 6.07) is 17.2. The van der Waals surface area contributed by atoms with Crippen molar-refractivity contribution in [2.45, 2.75) is 25.2 Å². The first-order valence-corrected chi connectivity index (χ1v) is 8.48.